The molecule has 6 heteroatoms. The predicted molar refractivity (Wildman–Crippen MR) is 90.3 cm³/mol. The number of aryl methyl sites for hydroxylation is 1. The van der Waals surface area contributed by atoms with Gasteiger partial charge >= 0.3 is 0 Å². The van der Waals surface area contributed by atoms with Crippen LogP contribution in [0.4, 0.5) is 0 Å². The van der Waals surface area contributed by atoms with E-state index in [1.807, 2.05) is 25.1 Å². The first-order valence-electron chi connectivity index (χ1n) is 6.85. The highest BCUT2D eigenvalue weighted by Crippen LogP contribution is 2.21. The molecule has 0 saturated carbocycles. The normalized spacial score (nSPS) is 20.9. The Morgan fingerprint density at radius 1 is 1.52 bits per heavy atom. The molecule has 1 fully saturated rings. The van der Waals surface area contributed by atoms with Crippen LogP contribution in [0.15, 0.2) is 22.7 Å². The standard InChI is InChI=1S/C15H21BrN2O2.ClH/c1-11-4-5-12(13(16)8-11)14(19)17-9-15(10-20-2)6-3-7-18-15;/h4-5,8,18H,3,6-7,9-10H2,1-2H3,(H,17,19);1H. The Labute approximate surface area is 140 Å². The number of benzene rings is 1. The summed E-state index contributed by atoms with van der Waals surface area (Å²) in [6, 6.07) is 5.74. The van der Waals surface area contributed by atoms with Gasteiger partial charge in [0.25, 0.3) is 5.91 Å². The molecule has 1 aliphatic heterocycles. The lowest BCUT2D eigenvalue weighted by atomic mass is 9.98. The maximum absolute atomic E-state index is 12.3. The summed E-state index contributed by atoms with van der Waals surface area (Å²) in [6.07, 6.45) is 2.14. The summed E-state index contributed by atoms with van der Waals surface area (Å²) in [5.74, 6) is -0.0546. The Morgan fingerprint density at radius 3 is 2.86 bits per heavy atom. The van der Waals surface area contributed by atoms with Crippen molar-refractivity contribution in [3.05, 3.63) is 33.8 Å². The molecule has 1 atom stereocenters. The predicted octanol–water partition coefficient (Wildman–Crippen LogP) is 2.68. The third-order valence-electron chi connectivity index (χ3n) is 3.71. The maximum Gasteiger partial charge on any atom is 0.252 e. The van der Waals surface area contributed by atoms with E-state index >= 15 is 0 Å². The fourth-order valence-corrected chi connectivity index (χ4v) is 3.29. The lowest BCUT2D eigenvalue weighted by Gasteiger charge is -2.29. The van der Waals surface area contributed by atoms with Crippen molar-refractivity contribution in [1.29, 1.82) is 0 Å². The maximum atomic E-state index is 12.3. The second-order valence-corrected chi connectivity index (χ2v) is 6.26. The van der Waals surface area contributed by atoms with Crippen LogP contribution in [-0.2, 0) is 4.74 Å². The van der Waals surface area contributed by atoms with Gasteiger partial charge in [0.15, 0.2) is 0 Å². The second kappa shape index (κ2) is 8.13. The fourth-order valence-electron chi connectivity index (χ4n) is 2.62. The first kappa shape index (κ1) is 18.4. The SMILES string of the molecule is COCC1(CNC(=O)c2ccc(C)cc2Br)CCCN1.Cl. The van der Waals surface area contributed by atoms with Crippen LogP contribution in [0.25, 0.3) is 0 Å². The minimum absolute atomic E-state index is 0. The summed E-state index contributed by atoms with van der Waals surface area (Å²) >= 11 is 3.44. The van der Waals surface area contributed by atoms with Crippen LogP contribution in [0, 0.1) is 6.92 Å². The number of halogens is 2. The molecule has 0 aromatic heterocycles. The molecule has 0 aliphatic carbocycles. The summed E-state index contributed by atoms with van der Waals surface area (Å²) < 4.78 is 6.11. The first-order chi connectivity index (χ1) is 9.56. The van der Waals surface area contributed by atoms with E-state index in [1.165, 1.54) is 0 Å². The highest BCUT2D eigenvalue weighted by Gasteiger charge is 2.33. The van der Waals surface area contributed by atoms with E-state index in [4.69, 9.17) is 4.74 Å². The first-order valence-corrected chi connectivity index (χ1v) is 7.64. The zero-order valence-electron chi connectivity index (χ0n) is 12.4. The van der Waals surface area contributed by atoms with E-state index in [0.29, 0.717) is 18.7 Å². The number of carbonyl (C=O) groups is 1. The molecule has 21 heavy (non-hydrogen) atoms. The van der Waals surface area contributed by atoms with Gasteiger partial charge in [-0.15, -0.1) is 12.4 Å². The third kappa shape index (κ3) is 4.68. The molecule has 0 bridgehead atoms. The summed E-state index contributed by atoms with van der Waals surface area (Å²) in [5.41, 5.74) is 1.67. The van der Waals surface area contributed by atoms with Crippen molar-refractivity contribution in [1.82, 2.24) is 10.6 Å². The van der Waals surface area contributed by atoms with Crippen molar-refractivity contribution in [2.75, 3.05) is 26.8 Å². The zero-order valence-corrected chi connectivity index (χ0v) is 14.8. The Hall–Kier alpha value is -0.620. The Bertz CT molecular complexity index is 491. The molecule has 1 unspecified atom stereocenters. The van der Waals surface area contributed by atoms with Crippen LogP contribution >= 0.6 is 28.3 Å². The second-order valence-electron chi connectivity index (χ2n) is 5.41. The van der Waals surface area contributed by atoms with E-state index in [1.54, 1.807) is 7.11 Å². The fraction of sp³-hybridized carbons (Fsp3) is 0.533. The Balaban J connectivity index is 0.00000220. The molecule has 1 amide bonds. The molecular formula is C15H22BrClN2O2. The zero-order chi connectivity index (χ0) is 14.6. The number of hydrogen-bond donors (Lipinski definition) is 2. The quantitative estimate of drug-likeness (QED) is 0.829. The van der Waals surface area contributed by atoms with Crippen molar-refractivity contribution in [2.45, 2.75) is 25.3 Å². The summed E-state index contributed by atoms with van der Waals surface area (Å²) in [4.78, 5) is 12.3. The lowest BCUT2D eigenvalue weighted by Crippen LogP contribution is -2.53. The van der Waals surface area contributed by atoms with Crippen LogP contribution in [-0.4, -0.2) is 38.3 Å². The summed E-state index contributed by atoms with van der Waals surface area (Å²) in [6.45, 7) is 4.18. The topological polar surface area (TPSA) is 50.4 Å². The van der Waals surface area contributed by atoms with Crippen LogP contribution in [0.5, 0.6) is 0 Å². The summed E-state index contributed by atoms with van der Waals surface area (Å²) in [5, 5.41) is 6.47. The minimum Gasteiger partial charge on any atom is -0.383 e. The van der Waals surface area contributed by atoms with E-state index < -0.39 is 0 Å². The number of rotatable bonds is 5. The van der Waals surface area contributed by atoms with Gasteiger partial charge in [-0.25, -0.2) is 0 Å². The molecule has 0 radical (unpaired) electrons. The van der Waals surface area contributed by atoms with Crippen LogP contribution in [0.3, 0.4) is 0 Å². The van der Waals surface area contributed by atoms with Crippen molar-refractivity contribution in [3.63, 3.8) is 0 Å². The molecular weight excluding hydrogens is 356 g/mol. The van der Waals surface area contributed by atoms with Gasteiger partial charge in [-0.05, 0) is 59.9 Å². The number of carbonyl (C=O) groups excluding carboxylic acids is 1. The van der Waals surface area contributed by atoms with Gasteiger partial charge in [-0.1, -0.05) is 6.07 Å². The third-order valence-corrected chi connectivity index (χ3v) is 4.37. The highest BCUT2D eigenvalue weighted by atomic mass is 79.9. The van der Waals surface area contributed by atoms with Crippen molar-refractivity contribution in [2.24, 2.45) is 0 Å². The molecule has 0 spiro atoms. The molecule has 118 valence electrons. The van der Waals surface area contributed by atoms with E-state index in [9.17, 15) is 4.79 Å². The molecule has 1 saturated heterocycles. The summed E-state index contributed by atoms with van der Waals surface area (Å²) in [7, 11) is 1.69. The smallest absolute Gasteiger partial charge is 0.252 e. The van der Waals surface area contributed by atoms with E-state index in [2.05, 4.69) is 26.6 Å². The van der Waals surface area contributed by atoms with Crippen molar-refractivity contribution >= 4 is 34.2 Å². The number of methoxy groups -OCH3 is 1. The molecule has 1 aliphatic rings. The number of hydrogen-bond acceptors (Lipinski definition) is 3. The lowest BCUT2D eigenvalue weighted by molar-refractivity contribution is 0.0891. The Kier molecular flexibility index (Phi) is 7.13. The van der Waals surface area contributed by atoms with Crippen molar-refractivity contribution in [3.8, 4) is 0 Å². The van der Waals surface area contributed by atoms with Gasteiger partial charge in [0.05, 0.1) is 17.7 Å². The van der Waals surface area contributed by atoms with E-state index in [-0.39, 0.29) is 23.9 Å². The monoisotopic (exact) mass is 376 g/mol. The van der Waals surface area contributed by atoms with Crippen LogP contribution in [0.1, 0.15) is 28.8 Å². The molecule has 2 N–H and O–H groups in total. The Morgan fingerprint density at radius 2 is 2.29 bits per heavy atom. The number of amides is 1. The van der Waals surface area contributed by atoms with Crippen LogP contribution in [0.2, 0.25) is 0 Å². The van der Waals surface area contributed by atoms with Crippen LogP contribution < -0.4 is 10.6 Å². The van der Waals surface area contributed by atoms with Gasteiger partial charge in [-0.2, -0.15) is 0 Å². The molecule has 2 rings (SSSR count). The minimum atomic E-state index is -0.123. The highest BCUT2D eigenvalue weighted by molar-refractivity contribution is 9.10. The molecule has 1 aromatic rings. The van der Waals surface area contributed by atoms with Gasteiger partial charge < -0.3 is 15.4 Å². The number of ether oxygens (including phenoxy) is 1. The largest absolute Gasteiger partial charge is 0.383 e. The van der Waals surface area contributed by atoms with Gasteiger partial charge in [0.1, 0.15) is 0 Å². The number of nitrogens with one attached hydrogen (secondary N) is 2. The average Bonchev–Trinajstić information content (AvgIpc) is 2.85. The van der Waals surface area contributed by atoms with Crippen molar-refractivity contribution < 1.29 is 9.53 Å². The van der Waals surface area contributed by atoms with Gasteiger partial charge in [0.2, 0.25) is 0 Å². The van der Waals surface area contributed by atoms with Gasteiger partial charge in [-0.3, -0.25) is 4.79 Å². The van der Waals surface area contributed by atoms with E-state index in [0.717, 1.165) is 29.4 Å². The molecule has 1 aromatic carbocycles. The average molecular weight is 378 g/mol. The molecule has 1 heterocycles. The molecule has 4 nitrogen and oxygen atoms in total. The van der Waals surface area contributed by atoms with Gasteiger partial charge in [0, 0.05) is 18.1 Å².